The van der Waals surface area contributed by atoms with Gasteiger partial charge >= 0.3 is 0 Å². The topological polar surface area (TPSA) is 47.9 Å². The third-order valence-corrected chi connectivity index (χ3v) is 4.42. The molecular formula is C17H23ClO4. The molecule has 4 nitrogen and oxygen atoms in total. The first-order valence-corrected chi connectivity index (χ1v) is 8.40. The van der Waals surface area contributed by atoms with Crippen molar-refractivity contribution in [1.82, 2.24) is 0 Å². The highest BCUT2D eigenvalue weighted by Gasteiger charge is 2.24. The lowest BCUT2D eigenvalue weighted by molar-refractivity contribution is -0.0659. The van der Waals surface area contributed by atoms with Crippen molar-refractivity contribution in [3.05, 3.63) is 28.8 Å². The number of benzene rings is 1. The summed E-state index contributed by atoms with van der Waals surface area (Å²) in [5.74, 6) is 1.29. The fourth-order valence-electron chi connectivity index (χ4n) is 2.63. The number of hydrogen-bond donors (Lipinski definition) is 1. The first-order chi connectivity index (χ1) is 10.7. The van der Waals surface area contributed by atoms with Crippen molar-refractivity contribution in [1.29, 1.82) is 0 Å². The Labute approximate surface area is 136 Å². The Morgan fingerprint density at radius 2 is 1.95 bits per heavy atom. The van der Waals surface area contributed by atoms with Crippen molar-refractivity contribution in [2.45, 2.75) is 43.8 Å². The van der Waals surface area contributed by atoms with Gasteiger partial charge in [0, 0.05) is 13.2 Å². The molecule has 1 N–H and O–H groups in total. The largest absolute Gasteiger partial charge is 0.489 e. The average Bonchev–Trinajstić information content (AvgIpc) is 3.37. The molecule has 0 aromatic heterocycles. The maximum absolute atomic E-state index is 9.96. The van der Waals surface area contributed by atoms with Gasteiger partial charge in [0.25, 0.3) is 0 Å². The SMILES string of the molecule is OC(COc1ccc(C2CC2)cc1Cl)COC1CCOCC1. The first-order valence-electron chi connectivity index (χ1n) is 8.02. The molecule has 0 radical (unpaired) electrons. The van der Waals surface area contributed by atoms with E-state index in [1.807, 2.05) is 12.1 Å². The van der Waals surface area contributed by atoms with Crippen molar-refractivity contribution in [2.75, 3.05) is 26.4 Å². The van der Waals surface area contributed by atoms with Gasteiger partial charge in [0.1, 0.15) is 18.5 Å². The highest BCUT2D eigenvalue weighted by atomic mass is 35.5. The molecule has 1 aromatic rings. The first kappa shape index (κ1) is 16.1. The Bertz CT molecular complexity index is 484. The fourth-order valence-corrected chi connectivity index (χ4v) is 2.87. The van der Waals surface area contributed by atoms with E-state index >= 15 is 0 Å². The number of hydrogen-bond acceptors (Lipinski definition) is 4. The van der Waals surface area contributed by atoms with Crippen LogP contribution in [0.1, 0.15) is 37.2 Å². The van der Waals surface area contributed by atoms with Gasteiger partial charge in [-0.3, -0.25) is 0 Å². The predicted molar refractivity (Wildman–Crippen MR) is 84.7 cm³/mol. The third kappa shape index (κ3) is 4.59. The third-order valence-electron chi connectivity index (χ3n) is 4.13. The second-order valence-electron chi connectivity index (χ2n) is 6.07. The van der Waals surface area contributed by atoms with Gasteiger partial charge in [-0.2, -0.15) is 0 Å². The van der Waals surface area contributed by atoms with Crippen molar-refractivity contribution in [3.8, 4) is 5.75 Å². The summed E-state index contributed by atoms with van der Waals surface area (Å²) in [5.41, 5.74) is 1.28. The van der Waals surface area contributed by atoms with Gasteiger partial charge in [0.05, 0.1) is 17.7 Å². The molecule has 5 heteroatoms. The molecule has 1 unspecified atom stereocenters. The van der Waals surface area contributed by atoms with E-state index in [1.54, 1.807) is 0 Å². The number of halogens is 1. The van der Waals surface area contributed by atoms with Crippen LogP contribution in [0, 0.1) is 0 Å². The van der Waals surface area contributed by atoms with Crippen LogP contribution in [0.2, 0.25) is 5.02 Å². The average molecular weight is 327 g/mol. The van der Waals surface area contributed by atoms with Crippen LogP contribution in [0.3, 0.4) is 0 Å². The Balaban J connectivity index is 1.41. The van der Waals surface area contributed by atoms with E-state index in [1.165, 1.54) is 18.4 Å². The van der Waals surface area contributed by atoms with Gasteiger partial charge < -0.3 is 19.3 Å². The van der Waals surface area contributed by atoms with E-state index < -0.39 is 6.10 Å². The number of aliphatic hydroxyl groups excluding tert-OH is 1. The summed E-state index contributed by atoms with van der Waals surface area (Å²) in [7, 11) is 0. The van der Waals surface area contributed by atoms with E-state index in [4.69, 9.17) is 25.8 Å². The van der Waals surface area contributed by atoms with Gasteiger partial charge in [0.2, 0.25) is 0 Å². The molecule has 1 atom stereocenters. The molecule has 0 bridgehead atoms. The smallest absolute Gasteiger partial charge is 0.138 e. The molecule has 22 heavy (non-hydrogen) atoms. The lowest BCUT2D eigenvalue weighted by atomic mass is 10.1. The molecule has 1 aromatic carbocycles. The zero-order valence-corrected chi connectivity index (χ0v) is 13.4. The summed E-state index contributed by atoms with van der Waals surface area (Å²) in [4.78, 5) is 0. The van der Waals surface area contributed by atoms with Crippen LogP contribution in [0.5, 0.6) is 5.75 Å². The zero-order valence-electron chi connectivity index (χ0n) is 12.7. The lowest BCUT2D eigenvalue weighted by Gasteiger charge is -2.23. The second-order valence-corrected chi connectivity index (χ2v) is 6.48. The number of rotatable bonds is 7. The molecule has 1 aliphatic carbocycles. The van der Waals surface area contributed by atoms with E-state index in [0.717, 1.165) is 26.1 Å². The predicted octanol–water partition coefficient (Wildman–Crippen LogP) is 3.15. The molecule has 0 amide bonds. The summed E-state index contributed by atoms with van der Waals surface area (Å²) < 4.78 is 16.6. The molecule has 2 fully saturated rings. The Kier molecular flexibility index (Phi) is 5.58. The van der Waals surface area contributed by atoms with Crippen molar-refractivity contribution in [2.24, 2.45) is 0 Å². The number of aliphatic hydroxyl groups is 1. The highest BCUT2D eigenvalue weighted by molar-refractivity contribution is 6.32. The standard InChI is InChI=1S/C17H23ClO4/c18-16-9-13(12-1-2-12)3-4-17(16)22-11-14(19)10-21-15-5-7-20-8-6-15/h3-4,9,12,14-15,19H,1-2,5-8,10-11H2. The Hall–Kier alpha value is -0.810. The van der Waals surface area contributed by atoms with Gasteiger partial charge in [-0.15, -0.1) is 0 Å². The zero-order chi connectivity index (χ0) is 15.4. The normalized spacial score (nSPS) is 20.8. The summed E-state index contributed by atoms with van der Waals surface area (Å²) in [6, 6.07) is 5.92. The van der Waals surface area contributed by atoms with Crippen LogP contribution in [-0.4, -0.2) is 43.7 Å². The summed E-state index contributed by atoms with van der Waals surface area (Å²) in [6.07, 6.45) is 3.81. The van der Waals surface area contributed by atoms with Crippen molar-refractivity contribution >= 4 is 11.6 Å². The molecule has 1 saturated heterocycles. The molecule has 1 aliphatic heterocycles. The maximum atomic E-state index is 9.96. The quantitative estimate of drug-likeness (QED) is 0.836. The van der Waals surface area contributed by atoms with Crippen LogP contribution < -0.4 is 4.74 Å². The van der Waals surface area contributed by atoms with Gasteiger partial charge in [-0.05, 0) is 49.3 Å². The van der Waals surface area contributed by atoms with Crippen LogP contribution in [0.4, 0.5) is 0 Å². The summed E-state index contributed by atoms with van der Waals surface area (Å²) >= 11 is 6.23. The second kappa shape index (κ2) is 7.64. The monoisotopic (exact) mass is 326 g/mol. The maximum Gasteiger partial charge on any atom is 0.138 e. The van der Waals surface area contributed by atoms with E-state index in [0.29, 0.717) is 16.7 Å². The number of ether oxygens (including phenoxy) is 3. The van der Waals surface area contributed by atoms with Gasteiger partial charge in [-0.25, -0.2) is 0 Å². The Morgan fingerprint density at radius 1 is 1.18 bits per heavy atom. The minimum atomic E-state index is -0.651. The summed E-state index contributed by atoms with van der Waals surface area (Å²) in [6.45, 7) is 1.94. The van der Waals surface area contributed by atoms with Crippen LogP contribution in [0.25, 0.3) is 0 Å². The molecule has 2 aliphatic rings. The van der Waals surface area contributed by atoms with Crippen LogP contribution >= 0.6 is 11.6 Å². The Morgan fingerprint density at radius 3 is 2.64 bits per heavy atom. The highest BCUT2D eigenvalue weighted by Crippen LogP contribution is 2.42. The van der Waals surface area contributed by atoms with Crippen molar-refractivity contribution < 1.29 is 19.3 Å². The lowest BCUT2D eigenvalue weighted by Crippen LogP contribution is -2.30. The minimum absolute atomic E-state index is 0.185. The van der Waals surface area contributed by atoms with E-state index in [2.05, 4.69) is 6.07 Å². The van der Waals surface area contributed by atoms with Crippen LogP contribution in [0.15, 0.2) is 18.2 Å². The molecule has 1 heterocycles. The van der Waals surface area contributed by atoms with E-state index in [-0.39, 0.29) is 19.3 Å². The molecule has 122 valence electrons. The summed E-state index contributed by atoms with van der Waals surface area (Å²) in [5, 5.41) is 10.6. The fraction of sp³-hybridized carbons (Fsp3) is 0.647. The van der Waals surface area contributed by atoms with Crippen LogP contribution in [-0.2, 0) is 9.47 Å². The minimum Gasteiger partial charge on any atom is -0.489 e. The molecule has 0 spiro atoms. The molecule has 1 saturated carbocycles. The van der Waals surface area contributed by atoms with Gasteiger partial charge in [0.15, 0.2) is 0 Å². The molecule has 3 rings (SSSR count). The molecular weight excluding hydrogens is 304 g/mol. The van der Waals surface area contributed by atoms with Gasteiger partial charge in [-0.1, -0.05) is 17.7 Å². The van der Waals surface area contributed by atoms with E-state index in [9.17, 15) is 5.11 Å². The van der Waals surface area contributed by atoms with Crippen molar-refractivity contribution in [3.63, 3.8) is 0 Å².